The van der Waals surface area contributed by atoms with Crippen molar-refractivity contribution in [2.45, 2.75) is 19.9 Å². The lowest BCUT2D eigenvalue weighted by Gasteiger charge is -2.25. The lowest BCUT2D eigenvalue weighted by Crippen LogP contribution is -2.40. The summed E-state index contributed by atoms with van der Waals surface area (Å²) < 4.78 is 18.0. The minimum absolute atomic E-state index is 0.201. The Hall–Kier alpha value is -3.36. The largest absolute Gasteiger partial charge is 0.497 e. The molecule has 0 fully saturated rings. The zero-order valence-corrected chi connectivity index (χ0v) is 20.7. The van der Waals surface area contributed by atoms with Crippen molar-refractivity contribution in [3.8, 4) is 11.5 Å². The van der Waals surface area contributed by atoms with Crippen LogP contribution < -0.4 is 24.4 Å². The first kappa shape index (κ1) is 23.8. The van der Waals surface area contributed by atoms with Crippen LogP contribution in [0.2, 0.25) is 5.02 Å². The molecule has 0 radical (unpaired) electrons. The van der Waals surface area contributed by atoms with E-state index in [4.69, 9.17) is 25.8 Å². The quantitative estimate of drug-likeness (QED) is 0.486. The van der Waals surface area contributed by atoms with E-state index in [1.54, 1.807) is 64.5 Å². The SMILES string of the molecule is CCOC(=O)C1=C(C)N=c2s/c(=C\c3ccc(OC)cc3OC)c(=O)n2[C@H]1c1ccccc1Cl. The maximum absolute atomic E-state index is 13.7. The van der Waals surface area contributed by atoms with Gasteiger partial charge in [0.1, 0.15) is 17.5 Å². The molecule has 1 aliphatic rings. The molecule has 1 aromatic heterocycles. The number of aromatic nitrogens is 1. The van der Waals surface area contributed by atoms with Crippen molar-refractivity contribution in [3.63, 3.8) is 0 Å². The van der Waals surface area contributed by atoms with Gasteiger partial charge in [-0.05, 0) is 43.7 Å². The van der Waals surface area contributed by atoms with E-state index >= 15 is 0 Å². The Morgan fingerprint density at radius 2 is 1.97 bits per heavy atom. The third kappa shape index (κ3) is 4.26. The van der Waals surface area contributed by atoms with Crippen LogP contribution in [0.25, 0.3) is 6.08 Å². The highest BCUT2D eigenvalue weighted by molar-refractivity contribution is 7.07. The number of fused-ring (bicyclic) bond motifs is 1. The first-order valence-corrected chi connectivity index (χ1v) is 11.7. The van der Waals surface area contributed by atoms with E-state index in [0.717, 1.165) is 0 Å². The minimum atomic E-state index is -0.760. The summed E-state index contributed by atoms with van der Waals surface area (Å²) in [6.07, 6.45) is 1.75. The van der Waals surface area contributed by atoms with Crippen molar-refractivity contribution in [2.24, 2.45) is 4.99 Å². The molecule has 2 heterocycles. The van der Waals surface area contributed by atoms with Gasteiger partial charge in [0, 0.05) is 16.7 Å². The molecule has 1 atom stereocenters. The summed E-state index contributed by atoms with van der Waals surface area (Å²) in [6, 6.07) is 11.7. The zero-order chi connectivity index (χ0) is 24.4. The maximum Gasteiger partial charge on any atom is 0.338 e. The first-order chi connectivity index (χ1) is 16.4. The van der Waals surface area contributed by atoms with Crippen LogP contribution in [-0.4, -0.2) is 31.4 Å². The van der Waals surface area contributed by atoms with Crippen LogP contribution in [0, 0.1) is 0 Å². The van der Waals surface area contributed by atoms with Crippen molar-refractivity contribution in [3.05, 3.63) is 89.6 Å². The van der Waals surface area contributed by atoms with Crippen LogP contribution in [0.3, 0.4) is 0 Å². The number of esters is 1. The zero-order valence-electron chi connectivity index (χ0n) is 19.1. The average molecular weight is 499 g/mol. The summed E-state index contributed by atoms with van der Waals surface area (Å²) in [6.45, 7) is 3.67. The van der Waals surface area contributed by atoms with E-state index in [9.17, 15) is 9.59 Å². The van der Waals surface area contributed by atoms with Gasteiger partial charge in [-0.1, -0.05) is 41.1 Å². The third-order valence-corrected chi connectivity index (χ3v) is 6.77. The predicted molar refractivity (Wildman–Crippen MR) is 131 cm³/mol. The molecule has 0 saturated carbocycles. The Morgan fingerprint density at radius 3 is 2.65 bits per heavy atom. The van der Waals surface area contributed by atoms with Gasteiger partial charge in [-0.3, -0.25) is 9.36 Å². The van der Waals surface area contributed by atoms with Crippen LogP contribution in [0.4, 0.5) is 0 Å². The number of hydrogen-bond donors (Lipinski definition) is 0. The fourth-order valence-electron chi connectivity index (χ4n) is 3.86. The normalized spacial score (nSPS) is 15.6. The number of nitrogens with zero attached hydrogens (tertiary/aromatic N) is 2. The lowest BCUT2D eigenvalue weighted by atomic mass is 9.96. The molecule has 1 aliphatic heterocycles. The third-order valence-electron chi connectivity index (χ3n) is 5.44. The number of hydrogen-bond acceptors (Lipinski definition) is 7. The van der Waals surface area contributed by atoms with Gasteiger partial charge in [0.15, 0.2) is 4.80 Å². The second kappa shape index (κ2) is 9.87. The minimum Gasteiger partial charge on any atom is -0.497 e. The van der Waals surface area contributed by atoms with E-state index < -0.39 is 12.0 Å². The van der Waals surface area contributed by atoms with Gasteiger partial charge >= 0.3 is 5.97 Å². The molecule has 0 aliphatic carbocycles. The summed E-state index contributed by atoms with van der Waals surface area (Å²) >= 11 is 7.76. The summed E-state index contributed by atoms with van der Waals surface area (Å²) in [5, 5.41) is 0.440. The van der Waals surface area contributed by atoms with Gasteiger partial charge < -0.3 is 14.2 Å². The second-order valence-electron chi connectivity index (χ2n) is 7.43. The van der Waals surface area contributed by atoms with Crippen LogP contribution >= 0.6 is 22.9 Å². The number of carbonyl (C=O) groups is 1. The van der Waals surface area contributed by atoms with Crippen LogP contribution in [-0.2, 0) is 9.53 Å². The summed E-state index contributed by atoms with van der Waals surface area (Å²) in [7, 11) is 3.13. The summed E-state index contributed by atoms with van der Waals surface area (Å²) in [5.74, 6) is 0.680. The van der Waals surface area contributed by atoms with E-state index in [2.05, 4.69) is 4.99 Å². The molecule has 3 aromatic rings. The molecule has 9 heteroatoms. The van der Waals surface area contributed by atoms with E-state index in [0.29, 0.717) is 42.7 Å². The molecule has 2 aromatic carbocycles. The predicted octanol–water partition coefficient (Wildman–Crippen LogP) is 3.47. The number of carbonyl (C=O) groups excluding carboxylic acids is 1. The topological polar surface area (TPSA) is 79.1 Å². The van der Waals surface area contributed by atoms with Gasteiger partial charge in [-0.2, -0.15) is 0 Å². The van der Waals surface area contributed by atoms with Gasteiger partial charge in [-0.15, -0.1) is 0 Å². The average Bonchev–Trinajstić information content (AvgIpc) is 3.13. The van der Waals surface area contributed by atoms with Crippen molar-refractivity contribution in [1.29, 1.82) is 0 Å². The number of thiazole rings is 1. The molecular formula is C25H23ClN2O5S. The fourth-order valence-corrected chi connectivity index (χ4v) is 5.14. The fraction of sp³-hybridized carbons (Fsp3) is 0.240. The number of methoxy groups -OCH3 is 2. The Kier molecular flexibility index (Phi) is 6.90. The Labute approximate surface area is 205 Å². The monoisotopic (exact) mass is 498 g/mol. The maximum atomic E-state index is 13.7. The number of rotatable bonds is 6. The Bertz CT molecular complexity index is 1470. The molecule has 0 amide bonds. The molecule has 0 N–H and O–H groups in total. The van der Waals surface area contributed by atoms with Crippen molar-refractivity contribution >= 4 is 35.0 Å². The molecule has 0 spiro atoms. The molecular weight excluding hydrogens is 476 g/mol. The van der Waals surface area contributed by atoms with Crippen LogP contribution in [0.15, 0.2) is 63.5 Å². The highest BCUT2D eigenvalue weighted by Gasteiger charge is 2.34. The molecule has 0 bridgehead atoms. The Morgan fingerprint density at radius 1 is 1.21 bits per heavy atom. The number of halogens is 1. The van der Waals surface area contributed by atoms with Gasteiger partial charge in [0.25, 0.3) is 5.56 Å². The number of benzene rings is 2. The van der Waals surface area contributed by atoms with Crippen molar-refractivity contribution in [1.82, 2.24) is 4.57 Å². The molecule has 4 rings (SSSR count). The smallest absolute Gasteiger partial charge is 0.338 e. The summed E-state index contributed by atoms with van der Waals surface area (Å²) in [4.78, 5) is 31.6. The van der Waals surface area contributed by atoms with E-state index in [1.165, 1.54) is 15.9 Å². The van der Waals surface area contributed by atoms with Crippen LogP contribution in [0.5, 0.6) is 11.5 Å². The van der Waals surface area contributed by atoms with Crippen LogP contribution in [0.1, 0.15) is 31.0 Å². The number of allylic oxidation sites excluding steroid dienone is 1. The van der Waals surface area contributed by atoms with Gasteiger partial charge in [0.05, 0.1) is 36.6 Å². The first-order valence-electron chi connectivity index (χ1n) is 10.6. The molecule has 0 unspecified atom stereocenters. The van der Waals surface area contributed by atoms with E-state index in [1.807, 2.05) is 12.1 Å². The number of ether oxygens (including phenoxy) is 3. The molecule has 0 saturated heterocycles. The second-order valence-corrected chi connectivity index (χ2v) is 8.85. The molecule has 7 nitrogen and oxygen atoms in total. The van der Waals surface area contributed by atoms with Gasteiger partial charge in [0.2, 0.25) is 0 Å². The highest BCUT2D eigenvalue weighted by atomic mass is 35.5. The van der Waals surface area contributed by atoms with E-state index in [-0.39, 0.29) is 17.7 Å². The Balaban J connectivity index is 1.97. The summed E-state index contributed by atoms with van der Waals surface area (Å²) in [5.41, 5.74) is 1.82. The highest BCUT2D eigenvalue weighted by Crippen LogP contribution is 2.34. The molecule has 34 heavy (non-hydrogen) atoms. The van der Waals surface area contributed by atoms with Gasteiger partial charge in [-0.25, -0.2) is 9.79 Å². The lowest BCUT2D eigenvalue weighted by molar-refractivity contribution is -0.139. The standard InChI is InChI=1S/C25H23ClN2O5S/c1-5-33-24(30)21-14(2)27-25-28(22(21)17-8-6-7-9-18(17)26)23(29)20(34-25)12-15-10-11-16(31-3)13-19(15)32-4/h6-13,22H,5H2,1-4H3/b20-12-/t22-/m0/s1. The van der Waals surface area contributed by atoms with Crippen molar-refractivity contribution < 1.29 is 19.0 Å². The molecule has 176 valence electrons. The van der Waals surface area contributed by atoms with Crippen molar-refractivity contribution in [2.75, 3.05) is 20.8 Å².